The lowest BCUT2D eigenvalue weighted by Crippen LogP contribution is -2.36. The van der Waals surface area contributed by atoms with Gasteiger partial charge in [0.1, 0.15) is 5.82 Å². The lowest BCUT2D eigenvalue weighted by molar-refractivity contribution is -0.135. The highest BCUT2D eigenvalue weighted by molar-refractivity contribution is 5.83. The molecule has 1 aromatic heterocycles. The van der Waals surface area contributed by atoms with Crippen LogP contribution in [0, 0.1) is 11.3 Å². The first-order valence-corrected chi connectivity index (χ1v) is 6.63. The number of aliphatic hydroxyl groups excluding tert-OH is 1. The van der Waals surface area contributed by atoms with Crippen LogP contribution in [0.2, 0.25) is 0 Å². The number of H-pyrrole nitrogens is 1. The van der Waals surface area contributed by atoms with E-state index in [9.17, 15) is 4.79 Å². The Morgan fingerprint density at radius 3 is 2.94 bits per heavy atom. The fraction of sp³-hybridized carbons (Fsp3) is 0.692. The highest BCUT2D eigenvalue weighted by Gasteiger charge is 2.61. The minimum Gasteiger partial charge on any atom is -0.395 e. The number of aromatic amines is 1. The molecule has 5 heteroatoms. The number of carbonyl (C=O) groups is 1. The second-order valence-corrected chi connectivity index (χ2v) is 5.49. The fourth-order valence-electron chi connectivity index (χ4n) is 3.05. The number of imidazole rings is 1. The van der Waals surface area contributed by atoms with Crippen molar-refractivity contribution in [3.63, 3.8) is 0 Å². The van der Waals surface area contributed by atoms with Gasteiger partial charge in [0.15, 0.2) is 0 Å². The van der Waals surface area contributed by atoms with Crippen molar-refractivity contribution in [1.82, 2.24) is 14.9 Å². The SMILES string of the molecule is O=C(C1CC12CCC2)N(CCO)Cc1ncc[nH]1. The normalized spacial score (nSPS) is 23.7. The Bertz CT molecular complexity index is 425. The summed E-state index contributed by atoms with van der Waals surface area (Å²) in [4.78, 5) is 21.3. The van der Waals surface area contributed by atoms with Gasteiger partial charge >= 0.3 is 0 Å². The molecular formula is C13H19N3O2. The van der Waals surface area contributed by atoms with Gasteiger partial charge in [0, 0.05) is 24.9 Å². The van der Waals surface area contributed by atoms with E-state index in [0.29, 0.717) is 18.5 Å². The highest BCUT2D eigenvalue weighted by Crippen LogP contribution is 2.65. The molecule has 5 nitrogen and oxygen atoms in total. The van der Waals surface area contributed by atoms with Crippen molar-refractivity contribution in [2.24, 2.45) is 11.3 Å². The van der Waals surface area contributed by atoms with Gasteiger partial charge in [0.25, 0.3) is 0 Å². The van der Waals surface area contributed by atoms with Crippen LogP contribution in [0.1, 0.15) is 31.5 Å². The number of nitrogens with one attached hydrogen (secondary N) is 1. The summed E-state index contributed by atoms with van der Waals surface area (Å²) >= 11 is 0. The molecule has 1 spiro atoms. The number of amides is 1. The van der Waals surface area contributed by atoms with Crippen molar-refractivity contribution in [3.8, 4) is 0 Å². The molecule has 1 unspecified atom stereocenters. The van der Waals surface area contributed by atoms with Gasteiger partial charge in [0.2, 0.25) is 5.91 Å². The third-order valence-corrected chi connectivity index (χ3v) is 4.41. The monoisotopic (exact) mass is 249 g/mol. The summed E-state index contributed by atoms with van der Waals surface area (Å²) in [6.45, 7) is 0.872. The van der Waals surface area contributed by atoms with E-state index in [4.69, 9.17) is 5.11 Å². The molecule has 98 valence electrons. The van der Waals surface area contributed by atoms with Gasteiger partial charge in [-0.15, -0.1) is 0 Å². The molecule has 1 amide bonds. The zero-order valence-corrected chi connectivity index (χ0v) is 10.4. The van der Waals surface area contributed by atoms with E-state index < -0.39 is 0 Å². The number of carbonyl (C=O) groups excluding carboxylic acids is 1. The zero-order valence-electron chi connectivity index (χ0n) is 10.4. The molecule has 0 aliphatic heterocycles. The Morgan fingerprint density at radius 1 is 1.61 bits per heavy atom. The predicted octanol–water partition coefficient (Wildman–Crippen LogP) is 0.921. The maximum atomic E-state index is 12.4. The Kier molecular flexibility index (Phi) is 2.86. The van der Waals surface area contributed by atoms with Crippen LogP contribution in [0.15, 0.2) is 12.4 Å². The molecule has 2 saturated carbocycles. The molecule has 2 N–H and O–H groups in total. The molecule has 2 fully saturated rings. The lowest BCUT2D eigenvalue weighted by Gasteiger charge is -2.28. The Labute approximate surface area is 106 Å². The van der Waals surface area contributed by atoms with Crippen molar-refractivity contribution < 1.29 is 9.90 Å². The smallest absolute Gasteiger partial charge is 0.226 e. The highest BCUT2D eigenvalue weighted by atomic mass is 16.3. The average Bonchev–Trinajstić information content (AvgIpc) is 2.91. The number of aliphatic hydroxyl groups is 1. The topological polar surface area (TPSA) is 69.2 Å². The summed E-state index contributed by atoms with van der Waals surface area (Å²) in [5.41, 5.74) is 0.341. The number of nitrogens with zero attached hydrogens (tertiary/aromatic N) is 2. The molecule has 2 aliphatic rings. The van der Waals surface area contributed by atoms with Crippen LogP contribution in [0.3, 0.4) is 0 Å². The molecule has 1 aromatic rings. The van der Waals surface area contributed by atoms with E-state index in [1.165, 1.54) is 19.3 Å². The number of hydrogen-bond acceptors (Lipinski definition) is 3. The first kappa shape index (κ1) is 11.7. The van der Waals surface area contributed by atoms with Gasteiger partial charge in [-0.25, -0.2) is 4.98 Å². The maximum absolute atomic E-state index is 12.4. The van der Waals surface area contributed by atoms with Crippen molar-refractivity contribution in [1.29, 1.82) is 0 Å². The van der Waals surface area contributed by atoms with Crippen molar-refractivity contribution >= 4 is 5.91 Å². The zero-order chi connectivity index (χ0) is 12.6. The van der Waals surface area contributed by atoms with Gasteiger partial charge in [-0.2, -0.15) is 0 Å². The fourth-order valence-corrected chi connectivity index (χ4v) is 3.05. The van der Waals surface area contributed by atoms with E-state index >= 15 is 0 Å². The molecule has 0 bridgehead atoms. The van der Waals surface area contributed by atoms with Crippen LogP contribution >= 0.6 is 0 Å². The van der Waals surface area contributed by atoms with Crippen molar-refractivity contribution in [2.75, 3.05) is 13.2 Å². The van der Waals surface area contributed by atoms with E-state index in [-0.39, 0.29) is 18.4 Å². The van der Waals surface area contributed by atoms with Crippen LogP contribution < -0.4 is 0 Å². The van der Waals surface area contributed by atoms with E-state index in [1.807, 2.05) is 0 Å². The molecular weight excluding hydrogens is 230 g/mol. The van der Waals surface area contributed by atoms with Crippen molar-refractivity contribution in [3.05, 3.63) is 18.2 Å². The minimum absolute atomic E-state index is 0.00612. The summed E-state index contributed by atoms with van der Waals surface area (Å²) in [7, 11) is 0. The standard InChI is InChI=1S/C13H19N3O2/c17-7-6-16(9-11-14-4-5-15-11)12(18)10-8-13(10)2-1-3-13/h4-5,10,17H,1-3,6-9H2,(H,14,15). The summed E-state index contributed by atoms with van der Waals surface area (Å²) in [5, 5.41) is 9.09. The van der Waals surface area contributed by atoms with Crippen LogP contribution in [0.4, 0.5) is 0 Å². The second-order valence-electron chi connectivity index (χ2n) is 5.49. The number of aromatic nitrogens is 2. The maximum Gasteiger partial charge on any atom is 0.226 e. The van der Waals surface area contributed by atoms with Gasteiger partial charge < -0.3 is 15.0 Å². The average molecular weight is 249 g/mol. The quantitative estimate of drug-likeness (QED) is 0.815. The summed E-state index contributed by atoms with van der Waals surface area (Å²) < 4.78 is 0. The largest absolute Gasteiger partial charge is 0.395 e. The van der Waals surface area contributed by atoms with Gasteiger partial charge in [-0.3, -0.25) is 4.79 Å². The number of hydrogen-bond donors (Lipinski definition) is 2. The van der Waals surface area contributed by atoms with Gasteiger partial charge in [-0.1, -0.05) is 6.42 Å². The van der Waals surface area contributed by atoms with Crippen molar-refractivity contribution in [2.45, 2.75) is 32.2 Å². The van der Waals surface area contributed by atoms with E-state index in [0.717, 1.165) is 12.2 Å². The molecule has 2 aliphatic carbocycles. The van der Waals surface area contributed by atoms with E-state index in [2.05, 4.69) is 9.97 Å². The summed E-state index contributed by atoms with van der Waals surface area (Å²) in [6.07, 6.45) is 8.16. The van der Waals surface area contributed by atoms with Gasteiger partial charge in [0.05, 0.1) is 13.2 Å². The first-order valence-electron chi connectivity index (χ1n) is 6.63. The van der Waals surface area contributed by atoms with Crippen LogP contribution in [0.5, 0.6) is 0 Å². The van der Waals surface area contributed by atoms with Crippen LogP contribution in [-0.4, -0.2) is 39.0 Å². The number of rotatable bonds is 5. The summed E-state index contributed by atoms with van der Waals surface area (Å²) in [5.74, 6) is 1.17. The van der Waals surface area contributed by atoms with Crippen LogP contribution in [0.25, 0.3) is 0 Å². The lowest BCUT2D eigenvalue weighted by atomic mass is 9.79. The Hall–Kier alpha value is -1.36. The predicted molar refractivity (Wildman–Crippen MR) is 65.5 cm³/mol. The second kappa shape index (κ2) is 4.39. The molecule has 18 heavy (non-hydrogen) atoms. The third-order valence-electron chi connectivity index (χ3n) is 4.41. The Balaban J connectivity index is 1.64. The third kappa shape index (κ3) is 1.92. The molecule has 0 radical (unpaired) electrons. The molecule has 1 heterocycles. The van der Waals surface area contributed by atoms with Gasteiger partial charge in [-0.05, 0) is 24.7 Å². The van der Waals surface area contributed by atoms with Crippen LogP contribution in [-0.2, 0) is 11.3 Å². The molecule has 1 atom stereocenters. The van der Waals surface area contributed by atoms with E-state index in [1.54, 1.807) is 17.3 Å². The minimum atomic E-state index is 0.00612. The molecule has 0 aromatic carbocycles. The first-order chi connectivity index (χ1) is 8.75. The summed E-state index contributed by atoms with van der Waals surface area (Å²) in [6, 6.07) is 0. The Morgan fingerprint density at radius 2 is 2.44 bits per heavy atom. The molecule has 0 saturated heterocycles. The molecule has 3 rings (SSSR count).